The number of carboxylic acid groups (broad SMARTS) is 6. The summed E-state index contributed by atoms with van der Waals surface area (Å²) in [5, 5.41) is 68.4. The first-order valence-corrected chi connectivity index (χ1v) is 41.5. The van der Waals surface area contributed by atoms with E-state index in [9.17, 15) is 59.4 Å². The summed E-state index contributed by atoms with van der Waals surface area (Å²) < 4.78 is 0. The third-order valence-corrected chi connectivity index (χ3v) is 24.6. The van der Waals surface area contributed by atoms with E-state index in [0.717, 1.165) is 200 Å². The molecule has 9 aromatic rings. The monoisotopic (exact) mass is 1910 g/mol. The number of aromatic nitrogens is 12. The van der Waals surface area contributed by atoms with Gasteiger partial charge in [-0.15, -0.1) is 0 Å². The van der Waals surface area contributed by atoms with Crippen LogP contribution >= 0.6 is 0 Å². The Bertz CT molecular complexity index is 6430. The maximum atomic E-state index is 11.4. The van der Waals surface area contributed by atoms with Gasteiger partial charge in [-0.25, -0.2) is 29.9 Å². The van der Waals surface area contributed by atoms with E-state index in [1.807, 2.05) is 174 Å². The number of aryl methyl sites for hydroxylation is 6. The van der Waals surface area contributed by atoms with Crippen LogP contribution in [0.3, 0.4) is 0 Å². The van der Waals surface area contributed by atoms with E-state index in [-0.39, 0.29) is 129 Å². The van der Waals surface area contributed by atoms with Gasteiger partial charge in [-0.3, -0.25) is 0 Å². The fourth-order valence-electron chi connectivity index (χ4n) is 17.3. The molecular formula is C102H96In2N12O12. The maximum Gasteiger partial charge on any atom is 3.00 e. The summed E-state index contributed by atoms with van der Waals surface area (Å²) in [5.41, 5.74) is 39.8. The predicted octanol–water partition coefficient (Wildman–Crippen LogP) is 14.7. The van der Waals surface area contributed by atoms with Crippen molar-refractivity contribution in [2.45, 2.75) is 160 Å². The number of carboxylic acids is 6. The SMILES string of the molecule is C=Cc1c(C)c2cc3[nH]c(cc4nc(cc5nc(cc1[nH]2)C(C)=C5CCC(=O)[O-])C(CCC(=O)[O-])=C4C)c(C)c3C=C.C=Cc1c(C)c2cc3[nH]c(cc4nc(cc5nc(cc1[nH]2)C(C)=C5CCC(=O)[O-])C(CCC(=O)[O-])=C4C)c(C)c3C=C.C=Cc1c(C)c2cc3[nH]c(cc4nc(cc5nc(cc1[nH]2)C(C)=C5CCC(=O)[O-])C(CCC(=O)[O-])=C4C)c(C)c3C=C.[In+3].[In+3]. The topological polar surface area (TPSA) is 413 Å². The number of fused-ring (bicyclic) bond motifs is 24. The number of nitrogens with zero attached hydrogens (tertiary/aromatic N) is 6. The van der Waals surface area contributed by atoms with Gasteiger partial charge in [0.15, 0.2) is 0 Å². The maximum absolute atomic E-state index is 11.4. The average molecular weight is 1910 g/mol. The standard InChI is InChI=1S/3C34H34N4O4.2In/c3*1-7-21-17(3)25-13-26-19(5)23(9-11-33(39)40)31(37-26)16-32-24(10-12-34(41)42)20(6)28(38-32)15-30-22(8-2)18(4)27(36-30)14-29(21)35-25;;/h3*7-8,13-16,35-36H,1-2,9-12H2,3-6H3,(H,39,40)(H,41,42);;/q;;;2*+3/p-6. The zero-order chi connectivity index (χ0) is 90.9. The first-order chi connectivity index (χ1) is 60.0. The third-order valence-electron chi connectivity index (χ3n) is 24.6. The van der Waals surface area contributed by atoms with Crippen molar-refractivity contribution in [1.29, 1.82) is 0 Å². The molecule has 0 spiro atoms. The molecule has 24 bridgehead atoms. The molecule has 0 saturated heterocycles. The Hall–Kier alpha value is -13.2. The number of allylic oxidation sites excluding steroid dienone is 12. The van der Waals surface area contributed by atoms with Gasteiger partial charge in [0.05, 0.1) is 68.3 Å². The van der Waals surface area contributed by atoms with Crippen molar-refractivity contribution in [3.05, 3.63) is 247 Å². The summed E-state index contributed by atoms with van der Waals surface area (Å²) in [5.74, 6) is -6.87. The smallest absolute Gasteiger partial charge is 0.550 e. The van der Waals surface area contributed by atoms with Crippen LogP contribution in [0.5, 0.6) is 0 Å². The van der Waals surface area contributed by atoms with Gasteiger partial charge in [0.1, 0.15) is 0 Å². The van der Waals surface area contributed by atoms with E-state index in [0.29, 0.717) is 68.3 Å². The minimum absolute atomic E-state index is 0. The Morgan fingerprint density at radius 1 is 0.227 bits per heavy atom. The Kier molecular flexibility index (Phi) is 29.7. The number of hydrogen-bond acceptors (Lipinski definition) is 18. The summed E-state index contributed by atoms with van der Waals surface area (Å²) >= 11 is 0. The van der Waals surface area contributed by atoms with Crippen LogP contribution in [-0.2, 0) is 28.8 Å². The van der Waals surface area contributed by atoms with E-state index >= 15 is 0 Å². The molecule has 9 aromatic heterocycles. The molecule has 0 fully saturated rings. The van der Waals surface area contributed by atoms with Gasteiger partial charge in [-0.1, -0.05) is 75.9 Å². The van der Waals surface area contributed by atoms with Gasteiger partial charge >= 0.3 is 51.7 Å². The number of rotatable bonds is 24. The van der Waals surface area contributed by atoms with Crippen LogP contribution in [0.25, 0.3) is 170 Å². The van der Waals surface area contributed by atoms with Gasteiger partial charge in [0.25, 0.3) is 0 Å². The molecular weight excluding hydrogens is 1810 g/mol. The van der Waals surface area contributed by atoms with Crippen LogP contribution in [0.4, 0.5) is 0 Å². The van der Waals surface area contributed by atoms with Crippen molar-refractivity contribution >= 4 is 257 Å². The minimum atomic E-state index is -1.15. The molecule has 6 aliphatic heterocycles. The minimum Gasteiger partial charge on any atom is -0.550 e. The number of H-pyrrole nitrogens is 6. The van der Waals surface area contributed by atoms with Crippen molar-refractivity contribution in [1.82, 2.24) is 59.8 Å². The number of aromatic amines is 6. The molecule has 0 radical (unpaired) electrons. The average Bonchev–Trinajstić information content (AvgIpc) is 1.62. The number of carbonyl (C=O) groups is 6. The number of hydrogen-bond donors (Lipinski definition) is 6. The fraction of sp³-hybridized carbons (Fsp3) is 0.235. The van der Waals surface area contributed by atoms with Crippen molar-refractivity contribution in [2.75, 3.05) is 0 Å². The Labute approximate surface area is 777 Å². The zero-order valence-electron chi connectivity index (χ0n) is 73.9. The summed E-state index contributed by atoms with van der Waals surface area (Å²) in [4.78, 5) is 119. The first-order valence-electron chi connectivity index (χ1n) is 41.5. The van der Waals surface area contributed by atoms with Crippen LogP contribution in [0, 0.1) is 41.5 Å². The molecule has 6 aliphatic rings. The number of nitrogens with one attached hydrogen (secondary N) is 6. The van der Waals surface area contributed by atoms with Gasteiger partial charge in [-0.2, -0.15) is 0 Å². The molecule has 15 heterocycles. The normalized spacial score (nSPS) is 12.8. The van der Waals surface area contributed by atoms with E-state index in [4.69, 9.17) is 29.9 Å². The van der Waals surface area contributed by atoms with Crippen LogP contribution in [0.1, 0.15) is 254 Å². The summed E-state index contributed by atoms with van der Waals surface area (Å²) in [6, 6.07) is 23.3. The van der Waals surface area contributed by atoms with Crippen molar-refractivity contribution in [3.63, 3.8) is 0 Å². The molecule has 0 aromatic carbocycles. The second-order valence-corrected chi connectivity index (χ2v) is 32.1. The summed E-state index contributed by atoms with van der Waals surface area (Å²) in [7, 11) is 0. The first kappa shape index (κ1) is 95.5. The van der Waals surface area contributed by atoms with Crippen molar-refractivity contribution in [3.8, 4) is 0 Å². The van der Waals surface area contributed by atoms with Crippen LogP contribution in [0.15, 0.2) is 112 Å². The number of carbonyl (C=O) groups excluding carboxylic acids is 6. The molecule has 0 atom stereocenters. The van der Waals surface area contributed by atoms with E-state index in [1.54, 1.807) is 18.2 Å². The summed E-state index contributed by atoms with van der Waals surface area (Å²) in [6.07, 6.45) is 11.4. The second-order valence-electron chi connectivity index (χ2n) is 32.1. The molecule has 26 heteroatoms. The second kappa shape index (κ2) is 39.8. The Morgan fingerprint density at radius 2 is 0.359 bits per heavy atom. The van der Waals surface area contributed by atoms with E-state index < -0.39 is 35.8 Å². The van der Waals surface area contributed by atoms with E-state index in [1.165, 1.54) is 0 Å². The quantitative estimate of drug-likeness (QED) is 0.0327. The molecule has 0 unspecified atom stereocenters. The summed E-state index contributed by atoms with van der Waals surface area (Å²) in [6.45, 7) is 47.9. The fourth-order valence-corrected chi connectivity index (χ4v) is 17.3. The molecule has 0 aliphatic carbocycles. The van der Waals surface area contributed by atoms with E-state index in [2.05, 4.69) is 69.4 Å². The van der Waals surface area contributed by atoms with Gasteiger partial charge < -0.3 is 89.3 Å². The molecule has 0 saturated carbocycles. The van der Waals surface area contributed by atoms with Crippen molar-refractivity contribution in [2.24, 2.45) is 0 Å². The van der Waals surface area contributed by atoms with Crippen molar-refractivity contribution < 1.29 is 59.4 Å². The molecule has 24 nitrogen and oxygen atoms in total. The molecule has 15 rings (SSSR count). The Morgan fingerprint density at radius 3 is 0.500 bits per heavy atom. The molecule has 128 heavy (non-hydrogen) atoms. The van der Waals surface area contributed by atoms with Gasteiger partial charge in [0, 0.05) is 135 Å². The molecule has 0 amide bonds. The molecule has 6 N–H and O–H groups in total. The third kappa shape index (κ3) is 19.5. The zero-order valence-corrected chi connectivity index (χ0v) is 80.4. The van der Waals surface area contributed by atoms with Gasteiger partial charge in [0.2, 0.25) is 0 Å². The Balaban J connectivity index is 0.000000185. The predicted molar refractivity (Wildman–Crippen MR) is 504 cm³/mol. The van der Waals surface area contributed by atoms with Crippen LogP contribution in [0.2, 0.25) is 0 Å². The number of aliphatic carboxylic acids is 6. The molecule has 642 valence electrons. The van der Waals surface area contributed by atoms with Gasteiger partial charge in [-0.05, 0) is 333 Å². The largest absolute Gasteiger partial charge is 3.00 e. The van der Waals surface area contributed by atoms with Crippen LogP contribution < -0.4 is 30.6 Å². The van der Waals surface area contributed by atoms with Crippen LogP contribution in [-0.4, -0.2) is 147 Å².